The summed E-state index contributed by atoms with van der Waals surface area (Å²) in [5, 5.41) is 15.4. The summed E-state index contributed by atoms with van der Waals surface area (Å²) in [5.41, 5.74) is 0.856. The first-order chi connectivity index (χ1) is 10.1. The van der Waals surface area contributed by atoms with Gasteiger partial charge in [-0.15, -0.1) is 22.7 Å². The van der Waals surface area contributed by atoms with Gasteiger partial charge in [-0.1, -0.05) is 6.92 Å². The molecule has 0 radical (unpaired) electrons. The number of rotatable bonds is 7. The molecule has 0 saturated carbocycles. The lowest BCUT2D eigenvalue weighted by Crippen LogP contribution is -2.22. The van der Waals surface area contributed by atoms with E-state index in [-0.39, 0.29) is 25.2 Å². The van der Waals surface area contributed by atoms with Gasteiger partial charge in [0.05, 0.1) is 10.6 Å². The molecule has 0 aliphatic carbocycles. The first kappa shape index (κ1) is 15.7. The van der Waals surface area contributed by atoms with Crippen LogP contribution in [-0.4, -0.2) is 16.9 Å². The summed E-state index contributed by atoms with van der Waals surface area (Å²) in [4.78, 5) is 28.7. The molecule has 2 heterocycles. The van der Waals surface area contributed by atoms with Crippen molar-refractivity contribution in [2.75, 3.05) is 5.32 Å². The van der Waals surface area contributed by atoms with E-state index in [9.17, 15) is 14.7 Å². The number of aliphatic carboxylic acids is 1. The maximum absolute atomic E-state index is 11.6. The fraction of sp³-hybridized carbons (Fsp3) is 0.357. The molecule has 0 aromatic carbocycles. The summed E-state index contributed by atoms with van der Waals surface area (Å²) < 4.78 is 0. The number of hydrogen-bond donors (Lipinski definition) is 1. The highest BCUT2D eigenvalue weighted by Gasteiger charge is 2.09. The Balaban J connectivity index is 1.90. The lowest BCUT2D eigenvalue weighted by molar-refractivity contribution is -0.305. The Morgan fingerprint density at radius 1 is 1.33 bits per heavy atom. The van der Waals surface area contributed by atoms with Crippen LogP contribution in [0.5, 0.6) is 0 Å². The van der Waals surface area contributed by atoms with Crippen LogP contribution in [0.4, 0.5) is 5.13 Å². The SMILES string of the molecule is CCc1ccc(-c2csc(NC(=O)CCCC(=O)[O-])n2)s1. The van der Waals surface area contributed by atoms with Gasteiger partial charge in [0.15, 0.2) is 5.13 Å². The second-order valence-electron chi connectivity index (χ2n) is 4.43. The maximum atomic E-state index is 11.6. The fourth-order valence-electron chi connectivity index (χ4n) is 1.72. The smallest absolute Gasteiger partial charge is 0.226 e. The third kappa shape index (κ3) is 4.64. The van der Waals surface area contributed by atoms with Crippen LogP contribution in [0.25, 0.3) is 10.6 Å². The van der Waals surface area contributed by atoms with Crippen LogP contribution >= 0.6 is 22.7 Å². The van der Waals surface area contributed by atoms with Crippen molar-refractivity contribution in [3.8, 4) is 10.6 Å². The molecule has 112 valence electrons. The van der Waals surface area contributed by atoms with Gasteiger partial charge in [-0.05, 0) is 31.4 Å². The van der Waals surface area contributed by atoms with Gasteiger partial charge in [-0.2, -0.15) is 0 Å². The fourth-order valence-corrected chi connectivity index (χ4v) is 3.43. The lowest BCUT2D eigenvalue weighted by atomic mass is 10.2. The minimum Gasteiger partial charge on any atom is -0.550 e. The summed E-state index contributed by atoms with van der Waals surface area (Å²) >= 11 is 3.06. The number of thiophene rings is 1. The van der Waals surface area contributed by atoms with Crippen molar-refractivity contribution in [3.05, 3.63) is 22.4 Å². The highest BCUT2D eigenvalue weighted by Crippen LogP contribution is 2.30. The van der Waals surface area contributed by atoms with E-state index < -0.39 is 5.97 Å². The molecule has 2 aromatic rings. The van der Waals surface area contributed by atoms with Crippen LogP contribution in [0.3, 0.4) is 0 Å². The highest BCUT2D eigenvalue weighted by molar-refractivity contribution is 7.17. The molecule has 2 rings (SSSR count). The zero-order valence-corrected chi connectivity index (χ0v) is 13.2. The molecule has 0 saturated heterocycles. The molecule has 0 unspecified atom stereocenters. The van der Waals surface area contributed by atoms with E-state index in [4.69, 9.17) is 0 Å². The van der Waals surface area contributed by atoms with E-state index in [2.05, 4.69) is 23.3 Å². The Hall–Kier alpha value is -1.73. The van der Waals surface area contributed by atoms with Crippen molar-refractivity contribution in [3.63, 3.8) is 0 Å². The molecule has 0 aliphatic rings. The standard InChI is InChI=1S/C14H16N2O3S2/c1-2-9-6-7-11(21-9)10-8-20-14(15-10)16-12(17)4-3-5-13(18)19/h6-8H,2-5H2,1H3,(H,18,19)(H,15,16,17)/p-1. The molecule has 0 atom stereocenters. The van der Waals surface area contributed by atoms with Crippen LogP contribution < -0.4 is 10.4 Å². The first-order valence-electron chi connectivity index (χ1n) is 6.62. The van der Waals surface area contributed by atoms with Gasteiger partial charge in [-0.3, -0.25) is 4.79 Å². The third-order valence-electron chi connectivity index (χ3n) is 2.80. The Morgan fingerprint density at radius 2 is 2.14 bits per heavy atom. The number of aromatic nitrogens is 1. The summed E-state index contributed by atoms with van der Waals surface area (Å²) in [6.07, 6.45) is 1.32. The van der Waals surface area contributed by atoms with Gasteiger partial charge in [0.2, 0.25) is 5.91 Å². The van der Waals surface area contributed by atoms with E-state index in [1.165, 1.54) is 16.2 Å². The molecule has 5 nitrogen and oxygen atoms in total. The lowest BCUT2D eigenvalue weighted by Gasteiger charge is -2.02. The van der Waals surface area contributed by atoms with Crippen molar-refractivity contribution in [1.29, 1.82) is 0 Å². The molecule has 1 amide bonds. The number of aryl methyl sites for hydroxylation is 1. The Morgan fingerprint density at radius 3 is 2.81 bits per heavy atom. The predicted octanol–water partition coefficient (Wildman–Crippen LogP) is 2.29. The number of hydrogen-bond acceptors (Lipinski definition) is 6. The normalized spacial score (nSPS) is 10.5. The van der Waals surface area contributed by atoms with Crippen molar-refractivity contribution < 1.29 is 14.7 Å². The number of anilines is 1. The number of amides is 1. The van der Waals surface area contributed by atoms with Crippen molar-refractivity contribution >= 4 is 39.7 Å². The van der Waals surface area contributed by atoms with Gasteiger partial charge in [0, 0.05) is 22.6 Å². The van der Waals surface area contributed by atoms with Crippen molar-refractivity contribution in [2.24, 2.45) is 0 Å². The van der Waals surface area contributed by atoms with Crippen LogP contribution in [0.1, 0.15) is 31.1 Å². The largest absolute Gasteiger partial charge is 0.550 e. The predicted molar refractivity (Wildman–Crippen MR) is 82.3 cm³/mol. The number of carbonyl (C=O) groups excluding carboxylic acids is 2. The van der Waals surface area contributed by atoms with E-state index in [1.54, 1.807) is 11.3 Å². The second kappa shape index (κ2) is 7.33. The van der Waals surface area contributed by atoms with Crippen LogP contribution in [0.15, 0.2) is 17.5 Å². The number of nitrogens with zero attached hydrogens (tertiary/aromatic N) is 1. The van der Waals surface area contributed by atoms with Gasteiger partial charge in [0.25, 0.3) is 0 Å². The van der Waals surface area contributed by atoms with E-state index in [0.29, 0.717) is 5.13 Å². The van der Waals surface area contributed by atoms with E-state index in [1.807, 2.05) is 11.4 Å². The molecule has 7 heteroatoms. The van der Waals surface area contributed by atoms with Gasteiger partial charge >= 0.3 is 0 Å². The third-order valence-corrected chi connectivity index (χ3v) is 4.81. The quantitative estimate of drug-likeness (QED) is 0.847. The van der Waals surface area contributed by atoms with Crippen LogP contribution in [0.2, 0.25) is 0 Å². The van der Waals surface area contributed by atoms with Gasteiger partial charge in [0.1, 0.15) is 0 Å². The van der Waals surface area contributed by atoms with Crippen molar-refractivity contribution in [1.82, 2.24) is 4.98 Å². The first-order valence-corrected chi connectivity index (χ1v) is 8.32. The average Bonchev–Trinajstić information content (AvgIpc) is 3.06. The molecular weight excluding hydrogens is 308 g/mol. The molecule has 0 aliphatic heterocycles. The summed E-state index contributed by atoms with van der Waals surface area (Å²) in [5.74, 6) is -1.36. The maximum Gasteiger partial charge on any atom is 0.226 e. The number of carbonyl (C=O) groups is 2. The number of carboxylic acids is 1. The van der Waals surface area contributed by atoms with Crippen molar-refractivity contribution in [2.45, 2.75) is 32.6 Å². The minimum absolute atomic E-state index is 0.106. The molecule has 0 spiro atoms. The van der Waals surface area contributed by atoms with Gasteiger partial charge < -0.3 is 15.2 Å². The van der Waals surface area contributed by atoms with Crippen LogP contribution in [0, 0.1) is 0 Å². The monoisotopic (exact) mass is 323 g/mol. The number of carboxylic acid groups (broad SMARTS) is 1. The highest BCUT2D eigenvalue weighted by atomic mass is 32.1. The Kier molecular flexibility index (Phi) is 5.46. The van der Waals surface area contributed by atoms with E-state index in [0.717, 1.165) is 17.0 Å². The Bertz CT molecular complexity index is 634. The van der Waals surface area contributed by atoms with Crippen LogP contribution in [-0.2, 0) is 16.0 Å². The molecule has 1 N–H and O–H groups in total. The molecule has 0 bridgehead atoms. The zero-order valence-electron chi connectivity index (χ0n) is 11.5. The number of thiazole rings is 1. The summed E-state index contributed by atoms with van der Waals surface area (Å²) in [6.45, 7) is 2.11. The minimum atomic E-state index is -1.14. The van der Waals surface area contributed by atoms with E-state index >= 15 is 0 Å². The number of nitrogens with one attached hydrogen (secondary N) is 1. The summed E-state index contributed by atoms with van der Waals surface area (Å²) in [6, 6.07) is 4.11. The zero-order chi connectivity index (χ0) is 15.2. The topological polar surface area (TPSA) is 82.1 Å². The van der Waals surface area contributed by atoms with Gasteiger partial charge in [-0.25, -0.2) is 4.98 Å². The molecule has 0 fully saturated rings. The Labute approximate surface area is 130 Å². The second-order valence-corrected chi connectivity index (χ2v) is 6.46. The molecule has 2 aromatic heterocycles. The average molecular weight is 323 g/mol. The molecular formula is C14H15N2O3S2-. The summed E-state index contributed by atoms with van der Waals surface area (Å²) in [7, 11) is 0. The molecule has 21 heavy (non-hydrogen) atoms.